The number of para-hydroxylation sites is 1. The third-order valence-corrected chi connectivity index (χ3v) is 6.30. The van der Waals surface area contributed by atoms with Gasteiger partial charge in [0.2, 0.25) is 0 Å². The van der Waals surface area contributed by atoms with Gasteiger partial charge >= 0.3 is 0 Å². The fraction of sp³-hybridized carbons (Fsp3) is 0.0333. The molecule has 6 aromatic rings. The molecule has 0 bridgehead atoms. The molecule has 0 aliphatic rings. The Morgan fingerprint density at radius 2 is 1.40 bits per heavy atom. The number of benzene rings is 4. The van der Waals surface area contributed by atoms with Crippen molar-refractivity contribution in [1.29, 1.82) is 0 Å². The Morgan fingerprint density at radius 1 is 0.686 bits per heavy atom. The first-order valence-corrected chi connectivity index (χ1v) is 11.3. The van der Waals surface area contributed by atoms with Crippen molar-refractivity contribution in [3.05, 3.63) is 121 Å². The minimum atomic E-state index is -0.306. The van der Waals surface area contributed by atoms with Crippen molar-refractivity contribution in [2.75, 3.05) is 11.9 Å². The maximum absolute atomic E-state index is 14.2. The van der Waals surface area contributed by atoms with Crippen LogP contribution in [0.15, 0.2) is 109 Å². The Labute approximate surface area is 201 Å². The summed E-state index contributed by atoms with van der Waals surface area (Å²) in [6.07, 6.45) is 0. The third-order valence-electron chi connectivity index (χ3n) is 6.30. The summed E-state index contributed by atoms with van der Waals surface area (Å²) >= 11 is 0. The molecule has 0 amide bonds. The molecule has 0 saturated heterocycles. The number of pyridine rings is 1. The van der Waals surface area contributed by atoms with Crippen LogP contribution in [0.2, 0.25) is 0 Å². The number of rotatable bonds is 4. The van der Waals surface area contributed by atoms with Gasteiger partial charge in [-0.1, -0.05) is 60.7 Å². The van der Waals surface area contributed by atoms with E-state index in [-0.39, 0.29) is 11.6 Å². The highest BCUT2D eigenvalue weighted by Crippen LogP contribution is 2.39. The van der Waals surface area contributed by atoms with Crippen molar-refractivity contribution in [3.8, 4) is 16.9 Å². The maximum Gasteiger partial charge on any atom is 0.146 e. The molecular weight excluding hydrogens is 440 g/mol. The van der Waals surface area contributed by atoms with Crippen LogP contribution in [-0.2, 0) is 0 Å². The Balaban J connectivity index is 1.71. The molecule has 0 unspecified atom stereocenters. The molecular formula is C30H21F2N3. The lowest BCUT2D eigenvalue weighted by molar-refractivity contribution is 0.627. The van der Waals surface area contributed by atoms with E-state index in [1.165, 1.54) is 24.3 Å². The molecule has 6 rings (SSSR count). The van der Waals surface area contributed by atoms with E-state index in [0.29, 0.717) is 5.69 Å². The summed E-state index contributed by atoms with van der Waals surface area (Å²) in [5.41, 5.74) is 5.62. The fourth-order valence-electron chi connectivity index (χ4n) is 4.64. The summed E-state index contributed by atoms with van der Waals surface area (Å²) in [6.45, 7) is 0. The molecule has 0 saturated carbocycles. The monoisotopic (exact) mass is 461 g/mol. The number of hydrogen-bond donors (Lipinski definition) is 0. The summed E-state index contributed by atoms with van der Waals surface area (Å²) in [5, 5.41) is 1.94. The van der Waals surface area contributed by atoms with Gasteiger partial charge in [0.1, 0.15) is 17.3 Å². The molecule has 0 aliphatic carbocycles. The quantitative estimate of drug-likeness (QED) is 0.266. The van der Waals surface area contributed by atoms with E-state index in [4.69, 9.17) is 4.98 Å². The third kappa shape index (κ3) is 3.62. The van der Waals surface area contributed by atoms with Crippen LogP contribution < -0.4 is 4.90 Å². The Bertz CT molecular complexity index is 1690. The first-order chi connectivity index (χ1) is 17.1. The van der Waals surface area contributed by atoms with Gasteiger partial charge in [0.15, 0.2) is 0 Å². The second kappa shape index (κ2) is 8.37. The van der Waals surface area contributed by atoms with Crippen molar-refractivity contribution in [2.45, 2.75) is 0 Å². The number of anilines is 2. The van der Waals surface area contributed by atoms with E-state index < -0.39 is 0 Å². The van der Waals surface area contributed by atoms with E-state index in [1.54, 1.807) is 12.1 Å². The molecule has 0 aliphatic heterocycles. The molecule has 3 nitrogen and oxygen atoms in total. The number of halogens is 2. The molecule has 2 heterocycles. The van der Waals surface area contributed by atoms with E-state index in [2.05, 4.69) is 6.07 Å². The van der Waals surface area contributed by atoms with Crippen molar-refractivity contribution >= 4 is 33.3 Å². The van der Waals surface area contributed by atoms with Crippen LogP contribution in [0.1, 0.15) is 0 Å². The SMILES string of the molecule is CN(c1cccc(F)c1)c1cc2c3ccccc3n(-c3cccc(F)c3)c2nc1-c1ccccc1. The lowest BCUT2D eigenvalue weighted by Gasteiger charge is -2.23. The van der Waals surface area contributed by atoms with E-state index in [0.717, 1.165) is 44.6 Å². The van der Waals surface area contributed by atoms with Crippen LogP contribution in [0, 0.1) is 11.6 Å². The van der Waals surface area contributed by atoms with Crippen molar-refractivity contribution < 1.29 is 8.78 Å². The van der Waals surface area contributed by atoms with Crippen molar-refractivity contribution in [3.63, 3.8) is 0 Å². The van der Waals surface area contributed by atoms with Crippen LogP contribution in [0.5, 0.6) is 0 Å². The van der Waals surface area contributed by atoms with Gasteiger partial charge in [-0.2, -0.15) is 0 Å². The Kier molecular flexibility index (Phi) is 5.03. The summed E-state index contributed by atoms with van der Waals surface area (Å²) in [6, 6.07) is 33.1. The zero-order chi connectivity index (χ0) is 23.9. The minimum absolute atomic E-state index is 0.299. The van der Waals surface area contributed by atoms with Gasteiger partial charge in [0.25, 0.3) is 0 Å². The predicted octanol–water partition coefficient (Wildman–Crippen LogP) is 7.89. The zero-order valence-corrected chi connectivity index (χ0v) is 19.0. The van der Waals surface area contributed by atoms with Gasteiger partial charge in [0.05, 0.1) is 22.6 Å². The lowest BCUT2D eigenvalue weighted by Crippen LogP contribution is -2.12. The van der Waals surface area contributed by atoms with Crippen LogP contribution in [0.25, 0.3) is 38.9 Å². The zero-order valence-electron chi connectivity index (χ0n) is 19.0. The number of aromatic nitrogens is 2. The average molecular weight is 462 g/mol. The van der Waals surface area contributed by atoms with Gasteiger partial charge in [-0.15, -0.1) is 0 Å². The molecule has 0 radical (unpaired) electrons. The molecule has 0 spiro atoms. The highest BCUT2D eigenvalue weighted by atomic mass is 19.1. The highest BCUT2D eigenvalue weighted by Gasteiger charge is 2.20. The summed E-state index contributed by atoms with van der Waals surface area (Å²) in [4.78, 5) is 7.11. The minimum Gasteiger partial charge on any atom is -0.343 e. The standard InChI is InChI=1S/C30H21F2N3/c1-34(23-13-7-11-21(31)17-23)28-19-26-25-15-5-6-16-27(25)35(24-14-8-12-22(32)18-24)30(26)33-29(28)20-9-3-2-4-10-20/h2-19H,1H3. The molecule has 0 N–H and O–H groups in total. The van der Waals surface area contributed by atoms with Crippen molar-refractivity contribution in [1.82, 2.24) is 9.55 Å². The van der Waals surface area contributed by atoms with Gasteiger partial charge in [0, 0.05) is 29.1 Å². The lowest BCUT2D eigenvalue weighted by atomic mass is 10.1. The topological polar surface area (TPSA) is 21.1 Å². The normalized spacial score (nSPS) is 11.3. The predicted molar refractivity (Wildman–Crippen MR) is 138 cm³/mol. The second-order valence-electron chi connectivity index (χ2n) is 8.46. The smallest absolute Gasteiger partial charge is 0.146 e. The highest BCUT2D eigenvalue weighted by molar-refractivity contribution is 6.10. The molecule has 35 heavy (non-hydrogen) atoms. The Morgan fingerprint density at radius 3 is 2.17 bits per heavy atom. The van der Waals surface area contributed by atoms with Gasteiger partial charge in [-0.05, 0) is 48.5 Å². The van der Waals surface area contributed by atoms with Gasteiger partial charge in [-0.3, -0.25) is 4.57 Å². The average Bonchev–Trinajstić information content (AvgIpc) is 3.21. The molecule has 0 atom stereocenters. The number of nitrogens with zero attached hydrogens (tertiary/aromatic N) is 3. The van der Waals surface area contributed by atoms with E-state index in [1.807, 2.05) is 83.2 Å². The first-order valence-electron chi connectivity index (χ1n) is 11.3. The summed E-state index contributed by atoms with van der Waals surface area (Å²) in [7, 11) is 1.91. The molecule has 2 aromatic heterocycles. The molecule has 5 heteroatoms. The number of hydrogen-bond acceptors (Lipinski definition) is 2. The second-order valence-corrected chi connectivity index (χ2v) is 8.46. The van der Waals surface area contributed by atoms with Crippen LogP contribution in [0.3, 0.4) is 0 Å². The van der Waals surface area contributed by atoms with Crippen molar-refractivity contribution in [2.24, 2.45) is 0 Å². The van der Waals surface area contributed by atoms with Crippen LogP contribution >= 0.6 is 0 Å². The maximum atomic E-state index is 14.2. The fourth-order valence-corrected chi connectivity index (χ4v) is 4.64. The molecule has 4 aromatic carbocycles. The Hall–Kier alpha value is -4.51. The largest absolute Gasteiger partial charge is 0.343 e. The number of fused-ring (bicyclic) bond motifs is 3. The van der Waals surface area contributed by atoms with E-state index >= 15 is 0 Å². The van der Waals surface area contributed by atoms with Crippen LogP contribution in [0.4, 0.5) is 20.2 Å². The molecule has 0 fully saturated rings. The van der Waals surface area contributed by atoms with Gasteiger partial charge in [-0.25, -0.2) is 13.8 Å². The molecule has 170 valence electrons. The van der Waals surface area contributed by atoms with E-state index in [9.17, 15) is 8.78 Å². The van der Waals surface area contributed by atoms with Crippen LogP contribution in [-0.4, -0.2) is 16.6 Å². The summed E-state index contributed by atoms with van der Waals surface area (Å²) in [5.74, 6) is -0.605. The summed E-state index contributed by atoms with van der Waals surface area (Å²) < 4.78 is 30.3. The van der Waals surface area contributed by atoms with Gasteiger partial charge < -0.3 is 4.90 Å². The first kappa shape index (κ1) is 21.1.